The largest absolute Gasteiger partial charge is 0.453 e. The third kappa shape index (κ3) is 5.45. The molecule has 6 heteroatoms. The average molecular weight is 414 g/mol. The predicted octanol–water partition coefficient (Wildman–Crippen LogP) is 4.67. The second kappa shape index (κ2) is 9.23. The minimum absolute atomic E-state index is 0.0549. The molecule has 0 spiro atoms. The highest BCUT2D eigenvalue weighted by Gasteiger charge is 2.20. The molecule has 3 rings (SSSR count). The maximum absolute atomic E-state index is 12.4. The Hall–Kier alpha value is -2.66. The standard InChI is InChI=1S/C23H24ClNO4/c1-14-6-9-19(24)13-20(14)25-23(28)15(2)29-22(27)11-10-21(26)18-8-7-16-4-3-5-17(16)12-18/h6-9,12-13,15H,3-5,10-11H2,1-2H3,(H,25,28). The molecule has 2 aromatic carbocycles. The summed E-state index contributed by atoms with van der Waals surface area (Å²) < 4.78 is 5.18. The SMILES string of the molecule is Cc1ccc(Cl)cc1NC(=O)C(C)OC(=O)CCC(=O)c1ccc2c(c1)CCC2. The summed E-state index contributed by atoms with van der Waals surface area (Å²) in [5, 5.41) is 3.20. The molecule has 0 saturated heterocycles. The van der Waals surface area contributed by atoms with Gasteiger partial charge in [0.05, 0.1) is 6.42 Å². The second-order valence-electron chi connectivity index (χ2n) is 7.34. The van der Waals surface area contributed by atoms with Gasteiger partial charge in [-0.3, -0.25) is 14.4 Å². The van der Waals surface area contributed by atoms with E-state index in [4.69, 9.17) is 16.3 Å². The number of ketones is 1. The smallest absolute Gasteiger partial charge is 0.307 e. The number of anilines is 1. The number of nitrogens with one attached hydrogen (secondary N) is 1. The van der Waals surface area contributed by atoms with Crippen molar-refractivity contribution in [2.45, 2.75) is 52.1 Å². The molecule has 1 atom stereocenters. The zero-order chi connectivity index (χ0) is 21.0. The minimum Gasteiger partial charge on any atom is -0.453 e. The van der Waals surface area contributed by atoms with Crippen LogP contribution < -0.4 is 5.32 Å². The van der Waals surface area contributed by atoms with Gasteiger partial charge in [0.25, 0.3) is 5.91 Å². The number of carbonyl (C=O) groups excluding carboxylic acids is 3. The number of ether oxygens (including phenoxy) is 1. The Morgan fingerprint density at radius 1 is 1.07 bits per heavy atom. The number of amides is 1. The lowest BCUT2D eigenvalue weighted by atomic mass is 10.0. The Labute approximate surface area is 175 Å². The maximum atomic E-state index is 12.4. The third-order valence-corrected chi connectivity index (χ3v) is 5.35. The Bertz CT molecular complexity index is 954. The maximum Gasteiger partial charge on any atom is 0.307 e. The van der Waals surface area contributed by atoms with E-state index in [1.165, 1.54) is 18.1 Å². The highest BCUT2D eigenvalue weighted by molar-refractivity contribution is 6.31. The predicted molar refractivity (Wildman–Crippen MR) is 112 cm³/mol. The van der Waals surface area contributed by atoms with Crippen molar-refractivity contribution in [3.63, 3.8) is 0 Å². The molecule has 0 saturated carbocycles. The van der Waals surface area contributed by atoms with Crippen LogP contribution in [0.1, 0.15) is 53.2 Å². The first-order valence-electron chi connectivity index (χ1n) is 9.75. The first kappa shape index (κ1) is 21.1. The molecule has 0 radical (unpaired) electrons. The molecule has 0 fully saturated rings. The molecule has 0 heterocycles. The first-order chi connectivity index (χ1) is 13.8. The number of halogens is 1. The molecule has 29 heavy (non-hydrogen) atoms. The van der Waals surface area contributed by atoms with E-state index in [2.05, 4.69) is 5.32 Å². The second-order valence-corrected chi connectivity index (χ2v) is 7.78. The van der Waals surface area contributed by atoms with Gasteiger partial charge >= 0.3 is 5.97 Å². The summed E-state index contributed by atoms with van der Waals surface area (Å²) >= 11 is 5.95. The minimum atomic E-state index is -0.976. The summed E-state index contributed by atoms with van der Waals surface area (Å²) in [5.74, 6) is -1.12. The summed E-state index contributed by atoms with van der Waals surface area (Å²) in [6, 6.07) is 10.9. The number of carbonyl (C=O) groups is 3. The van der Waals surface area contributed by atoms with Gasteiger partial charge in [0.15, 0.2) is 11.9 Å². The van der Waals surface area contributed by atoms with Crippen LogP contribution in [0.25, 0.3) is 0 Å². The van der Waals surface area contributed by atoms with Gasteiger partial charge < -0.3 is 10.1 Å². The van der Waals surface area contributed by atoms with Gasteiger partial charge in [0.2, 0.25) is 0 Å². The van der Waals surface area contributed by atoms with Crippen LogP contribution in [0.3, 0.4) is 0 Å². The van der Waals surface area contributed by atoms with Crippen LogP contribution in [-0.4, -0.2) is 23.8 Å². The Morgan fingerprint density at radius 3 is 2.62 bits per heavy atom. The number of Topliss-reactive ketones (excluding diaryl/α,β-unsaturated/α-hetero) is 1. The summed E-state index contributed by atoms with van der Waals surface area (Å²) in [5.41, 5.74) is 4.56. The number of aryl methyl sites for hydroxylation is 3. The van der Waals surface area contributed by atoms with Crippen molar-refractivity contribution in [1.29, 1.82) is 0 Å². The Kier molecular flexibility index (Phi) is 6.70. The van der Waals surface area contributed by atoms with E-state index < -0.39 is 18.0 Å². The van der Waals surface area contributed by atoms with E-state index >= 15 is 0 Å². The molecular weight excluding hydrogens is 390 g/mol. The van der Waals surface area contributed by atoms with Crippen LogP contribution in [0.2, 0.25) is 5.02 Å². The van der Waals surface area contributed by atoms with Gasteiger partial charge in [-0.15, -0.1) is 0 Å². The van der Waals surface area contributed by atoms with Crippen molar-refractivity contribution in [2.24, 2.45) is 0 Å². The van der Waals surface area contributed by atoms with Gasteiger partial charge in [-0.05, 0) is 68.0 Å². The van der Waals surface area contributed by atoms with Crippen LogP contribution in [0.4, 0.5) is 5.69 Å². The zero-order valence-corrected chi connectivity index (χ0v) is 17.3. The van der Waals surface area contributed by atoms with E-state index in [1.807, 2.05) is 25.1 Å². The highest BCUT2D eigenvalue weighted by Crippen LogP contribution is 2.24. The van der Waals surface area contributed by atoms with Crippen LogP contribution in [0.15, 0.2) is 36.4 Å². The van der Waals surface area contributed by atoms with Crippen LogP contribution in [-0.2, 0) is 27.2 Å². The van der Waals surface area contributed by atoms with E-state index in [0.29, 0.717) is 16.3 Å². The molecular formula is C23H24ClNO4. The van der Waals surface area contributed by atoms with E-state index in [1.54, 1.807) is 18.2 Å². The molecule has 1 aliphatic rings. The monoisotopic (exact) mass is 413 g/mol. The highest BCUT2D eigenvalue weighted by atomic mass is 35.5. The van der Waals surface area contributed by atoms with Gasteiger partial charge in [-0.2, -0.15) is 0 Å². The van der Waals surface area contributed by atoms with Crippen molar-refractivity contribution in [3.8, 4) is 0 Å². The van der Waals surface area contributed by atoms with Crippen molar-refractivity contribution in [2.75, 3.05) is 5.32 Å². The quantitative estimate of drug-likeness (QED) is 0.528. The summed E-state index contributed by atoms with van der Waals surface area (Å²) in [6.07, 6.45) is 2.19. The number of hydrogen-bond acceptors (Lipinski definition) is 4. The number of benzene rings is 2. The third-order valence-electron chi connectivity index (χ3n) is 5.11. The van der Waals surface area contributed by atoms with Gasteiger partial charge in [0.1, 0.15) is 0 Å². The molecule has 5 nitrogen and oxygen atoms in total. The summed E-state index contributed by atoms with van der Waals surface area (Å²) in [7, 11) is 0. The van der Waals surface area contributed by atoms with E-state index in [-0.39, 0.29) is 18.6 Å². The van der Waals surface area contributed by atoms with E-state index in [9.17, 15) is 14.4 Å². The fraction of sp³-hybridized carbons (Fsp3) is 0.348. The molecule has 152 valence electrons. The normalized spacial score (nSPS) is 13.5. The van der Waals surface area contributed by atoms with Gasteiger partial charge in [-0.25, -0.2) is 0 Å². The fourth-order valence-electron chi connectivity index (χ4n) is 3.38. The van der Waals surface area contributed by atoms with Crippen LogP contribution in [0, 0.1) is 6.92 Å². The van der Waals surface area contributed by atoms with E-state index in [0.717, 1.165) is 24.8 Å². The first-order valence-corrected chi connectivity index (χ1v) is 10.1. The lowest BCUT2D eigenvalue weighted by Crippen LogP contribution is -2.30. The van der Waals surface area contributed by atoms with Crippen molar-refractivity contribution < 1.29 is 19.1 Å². The molecule has 0 aliphatic heterocycles. The summed E-state index contributed by atoms with van der Waals surface area (Å²) in [4.78, 5) is 36.7. The number of fused-ring (bicyclic) bond motifs is 1. The van der Waals surface area contributed by atoms with Crippen LogP contribution in [0.5, 0.6) is 0 Å². The number of hydrogen-bond donors (Lipinski definition) is 1. The molecule has 0 aromatic heterocycles. The molecule has 1 aliphatic carbocycles. The molecule has 1 unspecified atom stereocenters. The molecule has 0 bridgehead atoms. The lowest BCUT2D eigenvalue weighted by Gasteiger charge is -2.15. The number of esters is 1. The molecule has 1 N–H and O–H groups in total. The van der Waals surface area contributed by atoms with Crippen molar-refractivity contribution in [3.05, 3.63) is 63.7 Å². The summed E-state index contributed by atoms with van der Waals surface area (Å²) in [6.45, 7) is 3.34. The molecule has 1 amide bonds. The van der Waals surface area contributed by atoms with Gasteiger partial charge in [-0.1, -0.05) is 29.8 Å². The van der Waals surface area contributed by atoms with Gasteiger partial charge in [0, 0.05) is 22.7 Å². The zero-order valence-electron chi connectivity index (χ0n) is 16.6. The Balaban J connectivity index is 1.49. The fourth-order valence-corrected chi connectivity index (χ4v) is 3.55. The topological polar surface area (TPSA) is 72.5 Å². The van der Waals surface area contributed by atoms with Crippen LogP contribution >= 0.6 is 11.6 Å². The molecule has 2 aromatic rings. The van der Waals surface area contributed by atoms with Crippen molar-refractivity contribution >= 4 is 34.9 Å². The Morgan fingerprint density at radius 2 is 1.83 bits per heavy atom. The average Bonchev–Trinajstić information content (AvgIpc) is 3.16. The number of rotatable bonds is 7. The lowest BCUT2D eigenvalue weighted by molar-refractivity contribution is -0.153. The van der Waals surface area contributed by atoms with Crippen molar-refractivity contribution in [1.82, 2.24) is 0 Å².